The maximum Gasteiger partial charge on any atom is 0.293 e. The van der Waals surface area contributed by atoms with Crippen LogP contribution in [-0.2, 0) is 11.3 Å². The molecule has 1 fully saturated rings. The minimum absolute atomic E-state index is 0.0819. The number of hydrogen-bond acceptors (Lipinski definition) is 4. The van der Waals surface area contributed by atoms with Crippen molar-refractivity contribution < 1.29 is 9.59 Å². The molecule has 0 atom stereocenters. The predicted octanol–water partition coefficient (Wildman–Crippen LogP) is 6.87. The lowest BCUT2D eigenvalue weighted by Crippen LogP contribution is -2.27. The first-order valence-corrected chi connectivity index (χ1v) is 12.4. The minimum Gasteiger partial charge on any atom is -0.318 e. The van der Waals surface area contributed by atoms with E-state index in [0.29, 0.717) is 16.0 Å². The van der Waals surface area contributed by atoms with Crippen molar-refractivity contribution >= 4 is 29.0 Å². The van der Waals surface area contributed by atoms with Crippen LogP contribution in [0.4, 0.5) is 4.79 Å². The summed E-state index contributed by atoms with van der Waals surface area (Å²) < 4.78 is 2.15. The molecule has 1 aliphatic rings. The fourth-order valence-corrected chi connectivity index (χ4v) is 5.31. The van der Waals surface area contributed by atoms with Crippen LogP contribution >= 0.6 is 11.8 Å². The number of benzene rings is 3. The van der Waals surface area contributed by atoms with Crippen LogP contribution in [0.1, 0.15) is 28.1 Å². The average Bonchev–Trinajstić information content (AvgIpc) is 3.33. The number of hydrogen-bond donors (Lipinski definition) is 0. The zero-order valence-electron chi connectivity index (χ0n) is 19.9. The Hall–Kier alpha value is -4.34. The molecule has 176 valence electrons. The molecule has 0 N–H and O–H groups in total. The molecule has 1 saturated heterocycles. The first kappa shape index (κ1) is 23.4. The van der Waals surface area contributed by atoms with Gasteiger partial charge in [0.15, 0.2) is 0 Å². The predicted molar refractivity (Wildman–Crippen MR) is 143 cm³/mol. The molecule has 2 heterocycles. The Kier molecular flexibility index (Phi) is 6.32. The fraction of sp³-hybridized carbons (Fsp3) is 0.100. The number of nitrogens with zero attached hydrogens (tertiary/aromatic N) is 3. The molecule has 0 bridgehead atoms. The van der Waals surface area contributed by atoms with Gasteiger partial charge in [0.05, 0.1) is 23.1 Å². The van der Waals surface area contributed by atoms with Crippen LogP contribution in [0.2, 0.25) is 0 Å². The number of aromatic nitrogens is 1. The molecule has 1 aliphatic heterocycles. The summed E-state index contributed by atoms with van der Waals surface area (Å²) in [4.78, 5) is 27.3. The van der Waals surface area contributed by atoms with E-state index in [1.165, 1.54) is 10.5 Å². The normalized spacial score (nSPS) is 14.5. The van der Waals surface area contributed by atoms with Gasteiger partial charge in [0.1, 0.15) is 0 Å². The van der Waals surface area contributed by atoms with Crippen molar-refractivity contribution in [3.63, 3.8) is 0 Å². The molecule has 3 aromatic carbocycles. The van der Waals surface area contributed by atoms with E-state index in [0.717, 1.165) is 40.0 Å². The second kappa shape index (κ2) is 9.73. The average molecular weight is 490 g/mol. The molecule has 6 heteroatoms. The molecule has 0 aliphatic carbocycles. The molecule has 4 aromatic rings. The summed E-state index contributed by atoms with van der Waals surface area (Å²) >= 11 is 0.935. The topological polar surface area (TPSA) is 66.1 Å². The van der Waals surface area contributed by atoms with Gasteiger partial charge in [0, 0.05) is 17.1 Å². The first-order valence-electron chi connectivity index (χ1n) is 11.5. The lowest BCUT2D eigenvalue weighted by molar-refractivity contribution is -0.123. The van der Waals surface area contributed by atoms with Gasteiger partial charge < -0.3 is 4.57 Å². The Morgan fingerprint density at radius 1 is 0.889 bits per heavy atom. The Bertz CT molecular complexity index is 1540. The maximum atomic E-state index is 13.1. The van der Waals surface area contributed by atoms with E-state index in [2.05, 4.69) is 47.0 Å². The monoisotopic (exact) mass is 489 g/mol. The number of rotatable bonds is 5. The summed E-state index contributed by atoms with van der Waals surface area (Å²) in [5.74, 6) is -0.338. The molecule has 0 unspecified atom stereocenters. The molecule has 2 amide bonds. The molecular formula is C30H23N3O2S. The minimum atomic E-state index is -0.338. The number of carbonyl (C=O) groups is 2. The third-order valence-corrected chi connectivity index (χ3v) is 7.24. The van der Waals surface area contributed by atoms with Crippen molar-refractivity contribution in [1.29, 1.82) is 5.26 Å². The van der Waals surface area contributed by atoms with Gasteiger partial charge in [0.2, 0.25) is 0 Å². The van der Waals surface area contributed by atoms with E-state index in [4.69, 9.17) is 0 Å². The Morgan fingerprint density at radius 2 is 1.56 bits per heavy atom. The van der Waals surface area contributed by atoms with Crippen LogP contribution in [0.5, 0.6) is 0 Å². The third-order valence-electron chi connectivity index (χ3n) is 6.33. The highest BCUT2D eigenvalue weighted by molar-refractivity contribution is 8.18. The standard InChI is InChI=1S/C30H23N3O2S/c1-20-16-26(21(2)33(20)27-14-12-23(13-15-27)22-8-4-3-5-9-22)17-28-29(34)32(30(35)36-28)19-25-11-7-6-10-24(25)18-31/h3-17H,19H2,1-2H3/b28-17-. The number of thioether (sulfide) groups is 1. The fourth-order valence-electron chi connectivity index (χ4n) is 4.48. The number of carbonyl (C=O) groups excluding carboxylic acids is 2. The second-order valence-electron chi connectivity index (χ2n) is 8.61. The highest BCUT2D eigenvalue weighted by atomic mass is 32.2. The van der Waals surface area contributed by atoms with Crippen LogP contribution in [0.15, 0.2) is 89.8 Å². The van der Waals surface area contributed by atoms with E-state index in [-0.39, 0.29) is 17.7 Å². The van der Waals surface area contributed by atoms with E-state index >= 15 is 0 Å². The van der Waals surface area contributed by atoms with Crippen molar-refractivity contribution in [2.24, 2.45) is 0 Å². The van der Waals surface area contributed by atoms with Gasteiger partial charge in [-0.15, -0.1) is 0 Å². The number of nitriles is 1. The van der Waals surface area contributed by atoms with Crippen molar-refractivity contribution in [1.82, 2.24) is 9.47 Å². The summed E-state index contributed by atoms with van der Waals surface area (Å²) in [6.45, 7) is 4.12. The summed E-state index contributed by atoms with van der Waals surface area (Å²) in [6.07, 6.45) is 1.79. The van der Waals surface area contributed by atoms with Crippen LogP contribution < -0.4 is 0 Å². The van der Waals surface area contributed by atoms with Crippen molar-refractivity contribution in [2.45, 2.75) is 20.4 Å². The van der Waals surface area contributed by atoms with Crippen molar-refractivity contribution in [2.75, 3.05) is 0 Å². The van der Waals surface area contributed by atoms with Crippen molar-refractivity contribution in [3.8, 4) is 22.9 Å². The molecule has 5 rings (SSSR count). The van der Waals surface area contributed by atoms with Crippen LogP contribution in [-0.4, -0.2) is 20.6 Å². The van der Waals surface area contributed by atoms with Crippen molar-refractivity contribution in [3.05, 3.63) is 118 Å². The highest BCUT2D eigenvalue weighted by Gasteiger charge is 2.35. The molecule has 0 spiro atoms. The molecule has 0 saturated carbocycles. The van der Waals surface area contributed by atoms with Gasteiger partial charge in [0.25, 0.3) is 11.1 Å². The summed E-state index contributed by atoms with van der Waals surface area (Å²) in [5, 5.41) is 9.01. The number of amides is 2. The lowest BCUT2D eigenvalue weighted by atomic mass is 10.1. The Balaban J connectivity index is 1.41. The Labute approximate surface area is 214 Å². The first-order chi connectivity index (χ1) is 17.5. The van der Waals surface area contributed by atoms with Gasteiger partial charge in [-0.25, -0.2) is 0 Å². The molecular weight excluding hydrogens is 466 g/mol. The summed E-state index contributed by atoms with van der Waals surface area (Å²) in [6, 6.07) is 29.8. The molecule has 0 radical (unpaired) electrons. The maximum absolute atomic E-state index is 13.1. The third kappa shape index (κ3) is 4.37. The van der Waals surface area contributed by atoms with Gasteiger partial charge in [-0.05, 0) is 78.2 Å². The number of imide groups is 1. The van der Waals surface area contributed by atoms with Gasteiger partial charge >= 0.3 is 0 Å². The Morgan fingerprint density at radius 3 is 2.28 bits per heavy atom. The lowest BCUT2D eigenvalue weighted by Gasteiger charge is -2.13. The highest BCUT2D eigenvalue weighted by Crippen LogP contribution is 2.35. The molecule has 36 heavy (non-hydrogen) atoms. The van der Waals surface area contributed by atoms with E-state index in [1.54, 1.807) is 30.3 Å². The second-order valence-corrected chi connectivity index (χ2v) is 9.60. The van der Waals surface area contributed by atoms with Gasteiger partial charge in [-0.2, -0.15) is 5.26 Å². The van der Waals surface area contributed by atoms with Gasteiger partial charge in [-0.1, -0.05) is 60.7 Å². The largest absolute Gasteiger partial charge is 0.318 e. The summed E-state index contributed by atoms with van der Waals surface area (Å²) in [7, 11) is 0. The van der Waals surface area contributed by atoms with E-state index in [9.17, 15) is 14.9 Å². The van der Waals surface area contributed by atoms with E-state index < -0.39 is 0 Å². The van der Waals surface area contributed by atoms with Crippen LogP contribution in [0.25, 0.3) is 22.9 Å². The zero-order valence-corrected chi connectivity index (χ0v) is 20.8. The SMILES string of the molecule is Cc1cc(/C=C2\SC(=O)N(Cc3ccccc3C#N)C2=O)c(C)n1-c1ccc(-c2ccccc2)cc1. The van der Waals surface area contributed by atoms with Crippen LogP contribution in [0.3, 0.4) is 0 Å². The zero-order chi connectivity index (χ0) is 25.2. The van der Waals surface area contributed by atoms with Gasteiger partial charge in [-0.3, -0.25) is 14.5 Å². The number of aryl methyl sites for hydroxylation is 1. The molecule has 1 aromatic heterocycles. The molecule has 5 nitrogen and oxygen atoms in total. The smallest absolute Gasteiger partial charge is 0.293 e. The quantitative estimate of drug-likeness (QED) is 0.287. The summed E-state index contributed by atoms with van der Waals surface area (Å²) in [5.41, 5.74) is 7.37. The van der Waals surface area contributed by atoms with E-state index in [1.807, 2.05) is 38.1 Å². The van der Waals surface area contributed by atoms with Crippen LogP contribution in [0, 0.1) is 25.2 Å².